The first-order valence-corrected chi connectivity index (χ1v) is 7.70. The topological polar surface area (TPSA) is 34.2 Å². The van der Waals surface area contributed by atoms with Gasteiger partial charge in [0.15, 0.2) is 0 Å². The zero-order chi connectivity index (χ0) is 13.2. The van der Waals surface area contributed by atoms with Crippen molar-refractivity contribution in [3.63, 3.8) is 0 Å². The first-order valence-electron chi connectivity index (χ1n) is 6.88. The molecule has 2 rings (SSSR count). The lowest BCUT2D eigenvalue weighted by atomic mass is 9.87. The number of rotatable bonds is 4. The van der Waals surface area contributed by atoms with Crippen LogP contribution in [0.15, 0.2) is 0 Å². The largest absolute Gasteiger partial charge is 0.378 e. The minimum absolute atomic E-state index is 0.0391. The highest BCUT2D eigenvalue weighted by atomic mass is 32.1. The zero-order valence-corrected chi connectivity index (χ0v) is 12.7. The summed E-state index contributed by atoms with van der Waals surface area (Å²) in [5.74, 6) is 0. The Balaban J connectivity index is 2.28. The first-order chi connectivity index (χ1) is 8.57. The third-order valence-electron chi connectivity index (χ3n) is 3.72. The van der Waals surface area contributed by atoms with Gasteiger partial charge in [0, 0.05) is 11.5 Å². The maximum Gasteiger partial charge on any atom is 0.113 e. The molecule has 1 N–H and O–H groups in total. The summed E-state index contributed by atoms with van der Waals surface area (Å²) in [5, 5.41) is 4.99. The van der Waals surface area contributed by atoms with Crippen molar-refractivity contribution in [3.05, 3.63) is 15.6 Å². The van der Waals surface area contributed by atoms with E-state index < -0.39 is 0 Å². The second kappa shape index (κ2) is 5.68. The number of aryl methyl sites for hydroxylation is 2. The van der Waals surface area contributed by atoms with Crippen LogP contribution in [0.1, 0.15) is 48.7 Å². The Morgan fingerprint density at radius 2 is 2.28 bits per heavy atom. The Hall–Kier alpha value is -0.450. The van der Waals surface area contributed by atoms with Gasteiger partial charge in [0.2, 0.25) is 0 Å². The van der Waals surface area contributed by atoms with E-state index in [-0.39, 0.29) is 5.54 Å². The minimum atomic E-state index is 0.0391. The van der Waals surface area contributed by atoms with Gasteiger partial charge in [0.05, 0.1) is 17.3 Å². The number of nitrogens with zero attached hydrogens (tertiary/aromatic N) is 1. The fourth-order valence-corrected chi connectivity index (χ4v) is 3.68. The Morgan fingerprint density at radius 3 is 2.83 bits per heavy atom. The molecule has 102 valence electrons. The molecule has 3 nitrogen and oxygen atoms in total. The van der Waals surface area contributed by atoms with Gasteiger partial charge < -0.3 is 10.1 Å². The number of hydrogen-bond acceptors (Lipinski definition) is 4. The van der Waals surface area contributed by atoms with E-state index >= 15 is 0 Å². The van der Waals surface area contributed by atoms with Crippen molar-refractivity contribution in [2.24, 2.45) is 0 Å². The summed E-state index contributed by atoms with van der Waals surface area (Å²) < 4.78 is 5.71. The highest BCUT2D eigenvalue weighted by molar-refractivity contribution is 7.11. The van der Waals surface area contributed by atoms with Crippen molar-refractivity contribution in [1.82, 2.24) is 10.3 Å². The maximum atomic E-state index is 5.71. The van der Waals surface area contributed by atoms with E-state index in [0.717, 1.165) is 32.4 Å². The van der Waals surface area contributed by atoms with Gasteiger partial charge in [-0.25, -0.2) is 4.98 Å². The van der Waals surface area contributed by atoms with Gasteiger partial charge in [-0.15, -0.1) is 11.3 Å². The van der Waals surface area contributed by atoms with E-state index in [1.54, 1.807) is 0 Å². The highest BCUT2D eigenvalue weighted by Crippen LogP contribution is 2.37. The zero-order valence-electron chi connectivity index (χ0n) is 11.9. The van der Waals surface area contributed by atoms with Gasteiger partial charge in [-0.2, -0.15) is 0 Å². The summed E-state index contributed by atoms with van der Waals surface area (Å²) >= 11 is 1.84. The number of nitrogens with one attached hydrogen (secondary N) is 1. The Labute approximate surface area is 114 Å². The molecule has 18 heavy (non-hydrogen) atoms. The van der Waals surface area contributed by atoms with Crippen LogP contribution in [-0.2, 0) is 10.3 Å². The van der Waals surface area contributed by atoms with E-state index in [9.17, 15) is 0 Å². The highest BCUT2D eigenvalue weighted by Gasteiger charge is 2.39. The lowest BCUT2D eigenvalue weighted by molar-refractivity contribution is -0.0206. The van der Waals surface area contributed by atoms with Crippen molar-refractivity contribution < 1.29 is 4.74 Å². The molecule has 1 aromatic heterocycles. The molecule has 4 heteroatoms. The molecule has 1 aliphatic rings. The molecule has 0 spiro atoms. The fraction of sp³-hybridized carbons (Fsp3) is 0.786. The van der Waals surface area contributed by atoms with Gasteiger partial charge in [0.1, 0.15) is 5.01 Å². The Bertz CT molecular complexity index is 385. The molecule has 0 radical (unpaired) electrons. The summed E-state index contributed by atoms with van der Waals surface area (Å²) in [4.78, 5) is 6.13. The summed E-state index contributed by atoms with van der Waals surface area (Å²) in [6.07, 6.45) is 3.52. The molecule has 0 saturated carbocycles. The fourth-order valence-electron chi connectivity index (χ4n) is 2.56. The number of aromatic nitrogens is 1. The van der Waals surface area contributed by atoms with E-state index in [4.69, 9.17) is 9.72 Å². The summed E-state index contributed by atoms with van der Waals surface area (Å²) in [5.41, 5.74) is 1.21. The van der Waals surface area contributed by atoms with Crippen LogP contribution in [0.25, 0.3) is 0 Å². The summed E-state index contributed by atoms with van der Waals surface area (Å²) in [7, 11) is 0. The molecule has 0 amide bonds. The molecule has 2 atom stereocenters. The molecule has 1 aromatic rings. The van der Waals surface area contributed by atoms with E-state index in [1.165, 1.54) is 15.6 Å². The first kappa shape index (κ1) is 14.0. The van der Waals surface area contributed by atoms with Crippen LogP contribution in [0.4, 0.5) is 0 Å². The second-order valence-electron chi connectivity index (χ2n) is 5.31. The number of hydrogen-bond donors (Lipinski definition) is 1. The standard InChI is InChI=1S/C14H24N2OS/c1-5-7-15-14(6-8-17-10(2)9-14)13-16-11(3)12(4)18-13/h10,15H,5-9H2,1-4H3. The third-order valence-corrected chi connectivity index (χ3v) is 5.00. The average Bonchev–Trinajstić information content (AvgIpc) is 2.68. The van der Waals surface area contributed by atoms with Gasteiger partial charge in [-0.05, 0) is 46.6 Å². The second-order valence-corrected chi connectivity index (χ2v) is 6.51. The van der Waals surface area contributed by atoms with Gasteiger partial charge in [0.25, 0.3) is 0 Å². The molecule has 0 aliphatic carbocycles. The molecule has 1 saturated heterocycles. The lowest BCUT2D eigenvalue weighted by Crippen LogP contribution is -2.49. The molecule has 2 heterocycles. The molecule has 0 aromatic carbocycles. The quantitative estimate of drug-likeness (QED) is 0.911. The lowest BCUT2D eigenvalue weighted by Gasteiger charge is -2.39. The van der Waals surface area contributed by atoms with Crippen LogP contribution in [0.5, 0.6) is 0 Å². The predicted octanol–water partition coefficient (Wildman–Crippen LogP) is 3.15. The smallest absolute Gasteiger partial charge is 0.113 e. The molecule has 1 fully saturated rings. The third kappa shape index (κ3) is 2.76. The van der Waals surface area contributed by atoms with Crippen LogP contribution in [0, 0.1) is 13.8 Å². The van der Waals surface area contributed by atoms with E-state index in [2.05, 4.69) is 33.0 Å². The molecular weight excluding hydrogens is 244 g/mol. The molecular formula is C14H24N2OS. The van der Waals surface area contributed by atoms with E-state index in [0.29, 0.717) is 6.10 Å². The predicted molar refractivity (Wildman–Crippen MR) is 76.2 cm³/mol. The van der Waals surface area contributed by atoms with Gasteiger partial charge >= 0.3 is 0 Å². The SMILES string of the molecule is CCCNC1(c2nc(C)c(C)s2)CCOC(C)C1. The average molecular weight is 268 g/mol. The minimum Gasteiger partial charge on any atom is -0.378 e. The molecule has 1 aliphatic heterocycles. The van der Waals surface area contributed by atoms with Crippen molar-refractivity contribution in [2.45, 2.75) is 58.6 Å². The Morgan fingerprint density at radius 1 is 1.50 bits per heavy atom. The number of ether oxygens (including phenoxy) is 1. The van der Waals surface area contributed by atoms with Gasteiger partial charge in [-0.1, -0.05) is 6.92 Å². The van der Waals surface area contributed by atoms with Crippen molar-refractivity contribution in [2.75, 3.05) is 13.2 Å². The summed E-state index contributed by atoms with van der Waals surface area (Å²) in [6.45, 7) is 10.5. The van der Waals surface area contributed by atoms with E-state index in [1.807, 2.05) is 11.3 Å². The van der Waals surface area contributed by atoms with Gasteiger partial charge in [-0.3, -0.25) is 0 Å². The van der Waals surface area contributed by atoms with Crippen LogP contribution in [0.3, 0.4) is 0 Å². The van der Waals surface area contributed by atoms with Crippen LogP contribution in [0.2, 0.25) is 0 Å². The van der Waals surface area contributed by atoms with Crippen LogP contribution < -0.4 is 5.32 Å². The monoisotopic (exact) mass is 268 g/mol. The van der Waals surface area contributed by atoms with Crippen LogP contribution in [-0.4, -0.2) is 24.2 Å². The Kier molecular flexibility index (Phi) is 4.41. The molecule has 0 bridgehead atoms. The maximum absolute atomic E-state index is 5.71. The normalized spacial score (nSPS) is 28.6. The van der Waals surface area contributed by atoms with Crippen molar-refractivity contribution in [1.29, 1.82) is 0 Å². The number of thiazole rings is 1. The van der Waals surface area contributed by atoms with Crippen LogP contribution >= 0.6 is 11.3 Å². The molecule has 2 unspecified atom stereocenters. The van der Waals surface area contributed by atoms with Crippen molar-refractivity contribution >= 4 is 11.3 Å². The van der Waals surface area contributed by atoms with Crippen molar-refractivity contribution in [3.8, 4) is 0 Å². The summed E-state index contributed by atoms with van der Waals surface area (Å²) in [6, 6.07) is 0.